The van der Waals surface area contributed by atoms with Gasteiger partial charge in [-0.15, -0.1) is 0 Å². The highest BCUT2D eigenvalue weighted by molar-refractivity contribution is 6.29. The zero-order valence-electron chi connectivity index (χ0n) is 8.19. The van der Waals surface area contributed by atoms with Gasteiger partial charge in [0.25, 0.3) is 5.91 Å². The van der Waals surface area contributed by atoms with E-state index in [2.05, 4.69) is 15.4 Å². The molecule has 0 aliphatic carbocycles. The van der Waals surface area contributed by atoms with Gasteiger partial charge in [-0.1, -0.05) is 11.6 Å². The molecule has 1 heterocycles. The SMILES string of the molecule is CC(=O)NN(C)C(=O)c1cnc(Cl)cn1. The van der Waals surface area contributed by atoms with E-state index in [9.17, 15) is 9.59 Å². The standard InChI is InChI=1S/C8H9ClN4O2/c1-5(14)12-13(2)8(15)6-3-11-7(9)4-10-6/h3-4H,1-2H3,(H,12,14). The molecule has 0 aliphatic heterocycles. The Balaban J connectivity index is 2.76. The smallest absolute Gasteiger partial charge is 0.274 e. The molecule has 1 aromatic rings. The summed E-state index contributed by atoms with van der Waals surface area (Å²) in [4.78, 5) is 29.7. The summed E-state index contributed by atoms with van der Waals surface area (Å²) in [6.45, 7) is 1.30. The molecular weight excluding hydrogens is 220 g/mol. The largest absolute Gasteiger partial charge is 0.292 e. The molecule has 7 heteroatoms. The van der Waals surface area contributed by atoms with Gasteiger partial charge in [0.2, 0.25) is 5.91 Å². The molecule has 0 aliphatic rings. The minimum Gasteiger partial charge on any atom is -0.274 e. The second-order valence-electron chi connectivity index (χ2n) is 2.76. The van der Waals surface area contributed by atoms with Crippen LogP contribution in [0.25, 0.3) is 0 Å². The number of aromatic nitrogens is 2. The normalized spacial score (nSPS) is 9.53. The summed E-state index contributed by atoms with van der Waals surface area (Å²) in [6.07, 6.45) is 2.50. The lowest BCUT2D eigenvalue weighted by Gasteiger charge is -2.15. The minimum atomic E-state index is -0.464. The van der Waals surface area contributed by atoms with E-state index in [4.69, 9.17) is 11.6 Å². The predicted octanol–water partition coefficient (Wildman–Crippen LogP) is 0.253. The van der Waals surface area contributed by atoms with Crippen molar-refractivity contribution in [3.05, 3.63) is 23.2 Å². The van der Waals surface area contributed by atoms with Gasteiger partial charge in [0.15, 0.2) is 0 Å². The van der Waals surface area contributed by atoms with Crippen LogP contribution in [0, 0.1) is 0 Å². The van der Waals surface area contributed by atoms with Crippen LogP contribution in [0.3, 0.4) is 0 Å². The van der Waals surface area contributed by atoms with Gasteiger partial charge in [-0.2, -0.15) is 0 Å². The van der Waals surface area contributed by atoms with E-state index in [1.165, 1.54) is 26.4 Å². The van der Waals surface area contributed by atoms with Crippen molar-refractivity contribution in [1.82, 2.24) is 20.4 Å². The summed E-state index contributed by atoms with van der Waals surface area (Å²) in [5, 5.41) is 1.23. The maximum absolute atomic E-state index is 11.6. The first kappa shape index (κ1) is 11.4. The van der Waals surface area contributed by atoms with E-state index < -0.39 is 5.91 Å². The summed E-state index contributed by atoms with van der Waals surface area (Å²) in [7, 11) is 1.42. The number of amides is 2. The van der Waals surface area contributed by atoms with Gasteiger partial charge >= 0.3 is 0 Å². The maximum Gasteiger partial charge on any atom is 0.292 e. The van der Waals surface area contributed by atoms with Crippen LogP contribution in [-0.2, 0) is 4.79 Å². The Labute approximate surface area is 91.2 Å². The number of carbonyl (C=O) groups excluding carboxylic acids is 2. The molecule has 0 fully saturated rings. The second kappa shape index (κ2) is 4.70. The summed E-state index contributed by atoms with van der Waals surface area (Å²) in [5.41, 5.74) is 2.41. The molecule has 80 valence electrons. The first-order chi connectivity index (χ1) is 7.00. The van der Waals surface area contributed by atoms with Crippen molar-refractivity contribution in [2.24, 2.45) is 0 Å². The fourth-order valence-electron chi connectivity index (χ4n) is 0.881. The second-order valence-corrected chi connectivity index (χ2v) is 3.14. The molecule has 1 N–H and O–H groups in total. The van der Waals surface area contributed by atoms with Crippen LogP contribution in [-0.4, -0.2) is 33.8 Å². The van der Waals surface area contributed by atoms with E-state index in [1.807, 2.05) is 0 Å². The van der Waals surface area contributed by atoms with Crippen molar-refractivity contribution < 1.29 is 9.59 Å². The quantitative estimate of drug-likeness (QED) is 0.700. The van der Waals surface area contributed by atoms with E-state index in [1.54, 1.807) is 0 Å². The average molecular weight is 229 g/mol. The van der Waals surface area contributed by atoms with Crippen molar-refractivity contribution in [2.45, 2.75) is 6.92 Å². The van der Waals surface area contributed by atoms with Crippen LogP contribution >= 0.6 is 11.6 Å². The van der Waals surface area contributed by atoms with Gasteiger partial charge in [0, 0.05) is 14.0 Å². The number of carbonyl (C=O) groups is 2. The molecule has 1 aromatic heterocycles. The van der Waals surface area contributed by atoms with Gasteiger partial charge in [-0.05, 0) is 0 Å². The van der Waals surface area contributed by atoms with E-state index in [0.717, 1.165) is 5.01 Å². The minimum absolute atomic E-state index is 0.107. The van der Waals surface area contributed by atoms with Crippen molar-refractivity contribution in [1.29, 1.82) is 0 Å². The van der Waals surface area contributed by atoms with E-state index in [0.29, 0.717) is 0 Å². The number of nitrogens with one attached hydrogen (secondary N) is 1. The molecule has 0 radical (unpaired) electrons. The van der Waals surface area contributed by atoms with Crippen LogP contribution < -0.4 is 5.43 Å². The van der Waals surface area contributed by atoms with E-state index in [-0.39, 0.29) is 16.8 Å². The molecule has 0 unspecified atom stereocenters. The molecule has 1 rings (SSSR count). The Kier molecular flexibility index (Phi) is 3.56. The highest BCUT2D eigenvalue weighted by Crippen LogP contribution is 2.02. The number of hydrazine groups is 1. The fraction of sp³-hybridized carbons (Fsp3) is 0.250. The third-order valence-electron chi connectivity index (χ3n) is 1.47. The number of hydrogen-bond acceptors (Lipinski definition) is 4. The van der Waals surface area contributed by atoms with Gasteiger partial charge in [0.1, 0.15) is 10.8 Å². The topological polar surface area (TPSA) is 75.2 Å². The van der Waals surface area contributed by atoms with Crippen molar-refractivity contribution in [3.8, 4) is 0 Å². The highest BCUT2D eigenvalue weighted by atomic mass is 35.5. The van der Waals surface area contributed by atoms with Crippen molar-refractivity contribution in [3.63, 3.8) is 0 Å². The Morgan fingerprint density at radius 2 is 2.07 bits per heavy atom. The third-order valence-corrected chi connectivity index (χ3v) is 1.66. The number of hydrogen-bond donors (Lipinski definition) is 1. The summed E-state index contributed by atoms with van der Waals surface area (Å²) < 4.78 is 0. The van der Waals surface area contributed by atoms with Crippen LogP contribution in [0.5, 0.6) is 0 Å². The molecule has 0 saturated heterocycles. The lowest BCUT2D eigenvalue weighted by atomic mass is 10.4. The highest BCUT2D eigenvalue weighted by Gasteiger charge is 2.13. The predicted molar refractivity (Wildman–Crippen MR) is 53.0 cm³/mol. The van der Waals surface area contributed by atoms with Crippen molar-refractivity contribution >= 4 is 23.4 Å². The maximum atomic E-state index is 11.6. The van der Waals surface area contributed by atoms with Gasteiger partial charge in [-0.3, -0.25) is 20.0 Å². The summed E-state index contributed by atoms with van der Waals surface area (Å²) >= 11 is 5.51. The Hall–Kier alpha value is -1.69. The molecule has 0 atom stereocenters. The van der Waals surface area contributed by atoms with Gasteiger partial charge in [-0.25, -0.2) is 9.97 Å². The zero-order chi connectivity index (χ0) is 11.4. The van der Waals surface area contributed by atoms with Gasteiger partial charge < -0.3 is 0 Å². The lowest BCUT2D eigenvalue weighted by Crippen LogP contribution is -2.42. The van der Waals surface area contributed by atoms with Crippen molar-refractivity contribution in [2.75, 3.05) is 7.05 Å². The fourth-order valence-corrected chi connectivity index (χ4v) is 0.979. The molecule has 0 bridgehead atoms. The molecule has 2 amide bonds. The molecule has 0 saturated carbocycles. The average Bonchev–Trinajstić information content (AvgIpc) is 2.17. The molecular formula is C8H9ClN4O2. The molecule has 0 spiro atoms. The molecule has 15 heavy (non-hydrogen) atoms. The third kappa shape index (κ3) is 3.17. The number of nitrogens with zero attached hydrogens (tertiary/aromatic N) is 3. The van der Waals surface area contributed by atoms with Gasteiger partial charge in [0.05, 0.1) is 12.4 Å². The number of rotatable bonds is 1. The lowest BCUT2D eigenvalue weighted by molar-refractivity contribution is -0.122. The Bertz CT molecular complexity index is 379. The molecule has 0 aromatic carbocycles. The number of halogens is 1. The van der Waals surface area contributed by atoms with Crippen LogP contribution in [0.1, 0.15) is 17.4 Å². The summed E-state index contributed by atoms with van der Waals surface area (Å²) in [6, 6.07) is 0. The zero-order valence-corrected chi connectivity index (χ0v) is 8.95. The van der Waals surface area contributed by atoms with Crippen LogP contribution in [0.15, 0.2) is 12.4 Å². The van der Waals surface area contributed by atoms with E-state index >= 15 is 0 Å². The monoisotopic (exact) mass is 228 g/mol. The molecule has 6 nitrogen and oxygen atoms in total. The first-order valence-electron chi connectivity index (χ1n) is 4.03. The summed E-state index contributed by atoms with van der Waals surface area (Å²) in [5.74, 6) is -0.804. The first-order valence-corrected chi connectivity index (χ1v) is 4.41. The van der Waals surface area contributed by atoms with Crippen LogP contribution in [0.4, 0.5) is 0 Å². The Morgan fingerprint density at radius 1 is 1.40 bits per heavy atom. The van der Waals surface area contributed by atoms with Crippen LogP contribution in [0.2, 0.25) is 5.15 Å². The Morgan fingerprint density at radius 3 is 2.53 bits per heavy atom.